The monoisotopic (exact) mass is 199 g/mol. The molecule has 0 aliphatic rings. The third-order valence-corrected chi connectivity index (χ3v) is 3.02. The summed E-state index contributed by atoms with van der Waals surface area (Å²) in [5, 5.41) is 12.5. The maximum atomic E-state index is 9.49. The Morgan fingerprint density at radius 3 is 2.92 bits per heavy atom. The largest absolute Gasteiger partial charge is 0.505 e. The molecule has 0 saturated carbocycles. The van der Waals surface area contributed by atoms with E-state index in [1.807, 2.05) is 6.07 Å². The molecule has 62 valence electrons. The van der Waals surface area contributed by atoms with Gasteiger partial charge in [-0.2, -0.15) is 0 Å². The lowest BCUT2D eigenvalue weighted by Crippen LogP contribution is -1.79. The number of fused-ring (bicyclic) bond motifs is 1. The van der Waals surface area contributed by atoms with Gasteiger partial charge in [-0.25, -0.2) is 0 Å². The van der Waals surface area contributed by atoms with E-state index in [0.29, 0.717) is 10.7 Å². The number of phenols is 1. The summed E-state index contributed by atoms with van der Waals surface area (Å²) in [7, 11) is 0. The number of thiophene rings is 1. The van der Waals surface area contributed by atoms with Crippen molar-refractivity contribution in [1.29, 1.82) is 0 Å². The number of rotatable bonds is 0. The first kappa shape index (κ1) is 7.71. The van der Waals surface area contributed by atoms with Crippen LogP contribution in [0.5, 0.6) is 5.75 Å². The van der Waals surface area contributed by atoms with Crippen molar-refractivity contribution in [1.82, 2.24) is 0 Å². The van der Waals surface area contributed by atoms with Crippen molar-refractivity contribution in [2.45, 2.75) is 0 Å². The summed E-state index contributed by atoms with van der Waals surface area (Å²) in [4.78, 5) is 0. The minimum atomic E-state index is 0.121. The van der Waals surface area contributed by atoms with Crippen LogP contribution in [0.1, 0.15) is 0 Å². The fourth-order valence-corrected chi connectivity index (χ4v) is 2.20. The molecule has 0 saturated heterocycles. The van der Waals surface area contributed by atoms with Crippen LogP contribution in [0.3, 0.4) is 0 Å². The highest BCUT2D eigenvalue weighted by atomic mass is 35.5. The summed E-state index contributed by atoms with van der Waals surface area (Å²) < 4.78 is 0.750. The third kappa shape index (κ3) is 0.940. The van der Waals surface area contributed by atoms with Crippen LogP contribution in [0.15, 0.2) is 17.5 Å². The van der Waals surface area contributed by atoms with E-state index in [4.69, 9.17) is 17.3 Å². The molecule has 0 radical (unpaired) electrons. The molecule has 2 nitrogen and oxygen atoms in total. The van der Waals surface area contributed by atoms with E-state index in [1.165, 1.54) is 11.3 Å². The molecule has 12 heavy (non-hydrogen) atoms. The van der Waals surface area contributed by atoms with Gasteiger partial charge in [0.05, 0.1) is 15.4 Å². The van der Waals surface area contributed by atoms with Crippen LogP contribution in [0.2, 0.25) is 5.02 Å². The van der Waals surface area contributed by atoms with Gasteiger partial charge >= 0.3 is 0 Å². The summed E-state index contributed by atoms with van der Waals surface area (Å²) in [6, 6.07) is 3.45. The molecule has 2 aromatic rings. The van der Waals surface area contributed by atoms with E-state index < -0.39 is 0 Å². The lowest BCUT2D eigenvalue weighted by Gasteiger charge is -1.97. The Balaban J connectivity index is 2.93. The second kappa shape index (κ2) is 2.54. The van der Waals surface area contributed by atoms with E-state index in [1.54, 1.807) is 11.4 Å². The number of phenolic OH excluding ortho intramolecular Hbond substituents is 1. The lowest BCUT2D eigenvalue weighted by molar-refractivity contribution is 0.483. The molecule has 0 unspecified atom stereocenters. The van der Waals surface area contributed by atoms with Crippen molar-refractivity contribution in [3.8, 4) is 5.75 Å². The van der Waals surface area contributed by atoms with Gasteiger partial charge in [0.1, 0.15) is 0 Å². The molecule has 0 aliphatic heterocycles. The third-order valence-electron chi connectivity index (χ3n) is 1.70. The molecule has 0 atom stereocenters. The summed E-state index contributed by atoms with van der Waals surface area (Å²) >= 11 is 7.11. The quantitative estimate of drug-likeness (QED) is 0.686. The van der Waals surface area contributed by atoms with Gasteiger partial charge in [-0.15, -0.1) is 11.3 Å². The van der Waals surface area contributed by atoms with Crippen molar-refractivity contribution < 1.29 is 5.11 Å². The smallest absolute Gasteiger partial charge is 0.152 e. The average molecular weight is 200 g/mol. The van der Waals surface area contributed by atoms with Gasteiger partial charge in [0.15, 0.2) is 5.75 Å². The molecular weight excluding hydrogens is 194 g/mol. The molecule has 0 fully saturated rings. The number of halogens is 1. The van der Waals surface area contributed by atoms with E-state index in [2.05, 4.69) is 0 Å². The van der Waals surface area contributed by atoms with Crippen molar-refractivity contribution in [3.05, 3.63) is 22.5 Å². The van der Waals surface area contributed by atoms with Gasteiger partial charge in [-0.3, -0.25) is 0 Å². The van der Waals surface area contributed by atoms with E-state index in [-0.39, 0.29) is 5.75 Å². The molecule has 0 bridgehead atoms. The second-order valence-corrected chi connectivity index (χ2v) is 3.75. The predicted octanol–water partition coefficient (Wildman–Crippen LogP) is 2.84. The van der Waals surface area contributed by atoms with Crippen LogP contribution in [-0.4, -0.2) is 5.11 Å². The Morgan fingerprint density at radius 2 is 2.17 bits per heavy atom. The maximum absolute atomic E-state index is 9.49. The zero-order valence-electron chi connectivity index (χ0n) is 6.04. The molecule has 3 N–H and O–H groups in total. The predicted molar refractivity (Wildman–Crippen MR) is 52.9 cm³/mol. The Morgan fingerprint density at radius 1 is 1.42 bits per heavy atom. The van der Waals surface area contributed by atoms with Gasteiger partial charge in [0, 0.05) is 10.8 Å². The Labute approximate surface area is 78.2 Å². The number of anilines is 1. The number of nitrogens with two attached hydrogens (primary N) is 1. The zero-order chi connectivity index (χ0) is 8.72. The van der Waals surface area contributed by atoms with E-state index in [0.717, 1.165) is 10.1 Å². The zero-order valence-corrected chi connectivity index (χ0v) is 7.62. The molecule has 1 aromatic carbocycles. The minimum absolute atomic E-state index is 0.121. The maximum Gasteiger partial charge on any atom is 0.152 e. The SMILES string of the molecule is Nc1csc2c(O)c(Cl)ccc12. The van der Waals surface area contributed by atoms with Gasteiger partial charge in [-0.1, -0.05) is 11.6 Å². The molecule has 1 heterocycles. The van der Waals surface area contributed by atoms with Gasteiger partial charge in [0.25, 0.3) is 0 Å². The van der Waals surface area contributed by atoms with Crippen molar-refractivity contribution in [3.63, 3.8) is 0 Å². The molecule has 0 amide bonds. The topological polar surface area (TPSA) is 46.2 Å². The number of nitrogen functional groups attached to an aromatic ring is 1. The Kier molecular flexibility index (Phi) is 1.63. The Bertz CT molecular complexity index is 438. The highest BCUT2D eigenvalue weighted by molar-refractivity contribution is 7.18. The molecule has 2 rings (SSSR count). The molecule has 0 spiro atoms. The van der Waals surface area contributed by atoms with Gasteiger partial charge in [0.2, 0.25) is 0 Å². The molecule has 4 heteroatoms. The standard InChI is InChI=1S/C8H6ClNOS/c9-5-2-1-4-6(10)3-12-8(4)7(5)11/h1-3,11H,10H2. The molecule has 1 aromatic heterocycles. The Hall–Kier alpha value is -0.930. The van der Waals surface area contributed by atoms with Crippen LogP contribution in [0, 0.1) is 0 Å². The fourth-order valence-electron chi connectivity index (χ4n) is 1.08. The molecular formula is C8H6ClNOS. The lowest BCUT2D eigenvalue weighted by atomic mass is 10.2. The summed E-state index contributed by atoms with van der Waals surface area (Å²) in [5.41, 5.74) is 6.33. The fraction of sp³-hybridized carbons (Fsp3) is 0. The van der Waals surface area contributed by atoms with Crippen LogP contribution in [0.4, 0.5) is 5.69 Å². The van der Waals surface area contributed by atoms with Gasteiger partial charge in [-0.05, 0) is 12.1 Å². The average Bonchev–Trinajstić information content (AvgIpc) is 2.41. The second-order valence-electron chi connectivity index (χ2n) is 2.46. The van der Waals surface area contributed by atoms with Crippen LogP contribution in [-0.2, 0) is 0 Å². The number of benzene rings is 1. The van der Waals surface area contributed by atoms with E-state index >= 15 is 0 Å². The van der Waals surface area contributed by atoms with Crippen LogP contribution >= 0.6 is 22.9 Å². The summed E-state index contributed by atoms with van der Waals surface area (Å²) in [6.45, 7) is 0. The minimum Gasteiger partial charge on any atom is -0.505 e. The highest BCUT2D eigenvalue weighted by Crippen LogP contribution is 2.38. The first-order chi connectivity index (χ1) is 5.70. The van der Waals surface area contributed by atoms with Crippen molar-refractivity contribution >= 4 is 38.7 Å². The number of hydrogen-bond donors (Lipinski definition) is 2. The summed E-state index contributed by atoms with van der Waals surface area (Å²) in [5.74, 6) is 0.121. The normalized spacial score (nSPS) is 10.8. The highest BCUT2D eigenvalue weighted by Gasteiger charge is 2.07. The van der Waals surface area contributed by atoms with Crippen molar-refractivity contribution in [2.75, 3.05) is 5.73 Å². The van der Waals surface area contributed by atoms with E-state index in [9.17, 15) is 5.11 Å². The summed E-state index contributed by atoms with van der Waals surface area (Å²) in [6.07, 6.45) is 0. The van der Waals surface area contributed by atoms with Gasteiger partial charge < -0.3 is 10.8 Å². The number of hydrogen-bond acceptors (Lipinski definition) is 3. The van der Waals surface area contributed by atoms with Crippen LogP contribution in [0.25, 0.3) is 10.1 Å². The van der Waals surface area contributed by atoms with Crippen LogP contribution < -0.4 is 5.73 Å². The first-order valence-corrected chi connectivity index (χ1v) is 4.60. The molecule has 0 aliphatic carbocycles. The first-order valence-electron chi connectivity index (χ1n) is 3.34. The van der Waals surface area contributed by atoms with Crippen molar-refractivity contribution in [2.24, 2.45) is 0 Å². The number of aromatic hydroxyl groups is 1.